The summed E-state index contributed by atoms with van der Waals surface area (Å²) >= 11 is 6.37. The number of hydrogen-bond donors (Lipinski definition) is 2. The van der Waals surface area contributed by atoms with Crippen LogP contribution >= 0.6 is 11.6 Å². The van der Waals surface area contributed by atoms with Crippen LogP contribution in [-0.2, 0) is 0 Å². The number of nitrogens with one attached hydrogen (secondary N) is 1. The van der Waals surface area contributed by atoms with Gasteiger partial charge in [0.25, 0.3) is 5.56 Å². The summed E-state index contributed by atoms with van der Waals surface area (Å²) in [6.45, 7) is 2.52. The van der Waals surface area contributed by atoms with Gasteiger partial charge in [-0.2, -0.15) is 15.0 Å². The van der Waals surface area contributed by atoms with E-state index in [1.54, 1.807) is 0 Å². The number of halogens is 3. The Balaban J connectivity index is 1.32. The summed E-state index contributed by atoms with van der Waals surface area (Å²) < 4.78 is 36.5. The van der Waals surface area contributed by atoms with Crippen LogP contribution in [0.3, 0.4) is 0 Å². The molecule has 0 saturated carbocycles. The van der Waals surface area contributed by atoms with E-state index in [-0.39, 0.29) is 57.5 Å². The van der Waals surface area contributed by atoms with Gasteiger partial charge in [-0.15, -0.1) is 0 Å². The van der Waals surface area contributed by atoms with E-state index >= 15 is 0 Å². The monoisotopic (exact) mass is 633 g/mol. The quantitative estimate of drug-likeness (QED) is 0.333. The average Bonchev–Trinajstić information content (AvgIpc) is 3.67. The van der Waals surface area contributed by atoms with Crippen LogP contribution in [0.15, 0.2) is 35.3 Å². The molecule has 4 saturated heterocycles. The summed E-state index contributed by atoms with van der Waals surface area (Å²) in [5.74, 6) is -0.837. The van der Waals surface area contributed by atoms with Gasteiger partial charge in [0.2, 0.25) is 5.88 Å². The minimum Gasteiger partial charge on any atom is -0.508 e. The lowest BCUT2D eigenvalue weighted by atomic mass is 9.95. The smallest absolute Gasteiger partial charge is 0.298 e. The van der Waals surface area contributed by atoms with E-state index in [0.717, 1.165) is 36.9 Å². The number of piperazine rings is 1. The van der Waals surface area contributed by atoms with E-state index in [2.05, 4.69) is 31.3 Å². The van der Waals surface area contributed by atoms with Crippen molar-refractivity contribution in [2.24, 2.45) is 0 Å². The minimum absolute atomic E-state index is 0.000494. The molecule has 0 radical (unpaired) electrons. The van der Waals surface area contributed by atoms with Crippen molar-refractivity contribution in [1.29, 1.82) is 5.26 Å². The number of nitrogens with zero attached hydrogens (tertiary/aromatic N) is 6. The van der Waals surface area contributed by atoms with Gasteiger partial charge in [0, 0.05) is 49.6 Å². The van der Waals surface area contributed by atoms with Crippen LogP contribution in [0.4, 0.5) is 14.5 Å². The number of hydrogen-bond acceptors (Lipinski definition) is 9. The summed E-state index contributed by atoms with van der Waals surface area (Å²) in [5.41, 5.74) is -0.341. The summed E-state index contributed by atoms with van der Waals surface area (Å²) in [7, 11) is 0. The number of alkyl halides is 1. The Bertz CT molecular complexity index is 1970. The molecule has 6 heterocycles. The number of phenols is 1. The molecular formula is C32H30ClF2N7O3. The van der Waals surface area contributed by atoms with E-state index in [1.165, 1.54) is 30.5 Å². The summed E-state index contributed by atoms with van der Waals surface area (Å²) in [5, 5.41) is 29.8. The molecule has 4 aliphatic rings. The van der Waals surface area contributed by atoms with E-state index in [1.807, 2.05) is 0 Å². The molecule has 2 N–H and O–H groups in total. The largest absolute Gasteiger partial charge is 0.508 e. The molecule has 8 rings (SSSR count). The second-order valence-electron chi connectivity index (χ2n) is 12.7. The third kappa shape index (κ3) is 4.51. The van der Waals surface area contributed by atoms with Gasteiger partial charge in [0.1, 0.15) is 41.5 Å². The van der Waals surface area contributed by atoms with Crippen molar-refractivity contribution in [1.82, 2.24) is 25.0 Å². The van der Waals surface area contributed by atoms with Crippen molar-refractivity contribution in [2.45, 2.75) is 55.9 Å². The lowest BCUT2D eigenvalue weighted by molar-refractivity contribution is 0.110. The van der Waals surface area contributed by atoms with Crippen LogP contribution in [0, 0.1) is 17.1 Å². The van der Waals surface area contributed by atoms with Gasteiger partial charge in [-0.1, -0.05) is 17.7 Å². The molecule has 10 nitrogen and oxygen atoms in total. The maximum atomic E-state index is 14.6. The molecule has 2 aromatic carbocycles. The second-order valence-corrected chi connectivity index (χ2v) is 13.1. The van der Waals surface area contributed by atoms with E-state index in [0.29, 0.717) is 42.5 Å². The normalized spacial score (nSPS) is 26.1. The zero-order chi connectivity index (χ0) is 31.0. The van der Waals surface area contributed by atoms with Crippen LogP contribution in [0.2, 0.25) is 5.02 Å². The maximum Gasteiger partial charge on any atom is 0.298 e. The molecule has 13 heteroatoms. The third-order valence-corrected chi connectivity index (χ3v) is 10.3. The second kappa shape index (κ2) is 10.5. The van der Waals surface area contributed by atoms with Crippen LogP contribution in [0.25, 0.3) is 27.4 Å². The molecule has 45 heavy (non-hydrogen) atoms. The van der Waals surface area contributed by atoms with Gasteiger partial charge in [0.15, 0.2) is 0 Å². The highest BCUT2D eigenvalue weighted by molar-refractivity contribution is 6.36. The van der Waals surface area contributed by atoms with Gasteiger partial charge in [-0.25, -0.2) is 13.8 Å². The first-order chi connectivity index (χ1) is 21.7. The molecule has 0 amide bonds. The van der Waals surface area contributed by atoms with Crippen molar-refractivity contribution in [3.63, 3.8) is 0 Å². The van der Waals surface area contributed by atoms with Crippen LogP contribution in [0.1, 0.15) is 37.7 Å². The molecule has 4 aliphatic heterocycles. The topological polar surface area (TPSA) is 120 Å². The Morgan fingerprint density at radius 3 is 2.80 bits per heavy atom. The van der Waals surface area contributed by atoms with Crippen LogP contribution in [0.5, 0.6) is 11.6 Å². The van der Waals surface area contributed by atoms with Crippen LogP contribution < -0.4 is 20.5 Å². The minimum atomic E-state index is -0.951. The molecule has 0 spiro atoms. The van der Waals surface area contributed by atoms with Gasteiger partial charge >= 0.3 is 0 Å². The molecule has 232 valence electrons. The van der Waals surface area contributed by atoms with E-state index < -0.39 is 23.1 Å². The predicted octanol–water partition coefficient (Wildman–Crippen LogP) is 4.20. The summed E-state index contributed by atoms with van der Waals surface area (Å²) in [6, 6.07) is 8.13. The highest BCUT2D eigenvalue weighted by atomic mass is 35.5. The van der Waals surface area contributed by atoms with Crippen molar-refractivity contribution in [3.05, 3.63) is 57.2 Å². The SMILES string of the molecule is N#Cc1c(OC[C@@]23CCCN2C[C@H](F)C3)nc2c(=O)n(-c3cc(O)cc4ccc(F)c(Cl)c34)ncc2c1N1CC2CCC(C1)N2. The Morgan fingerprint density at radius 1 is 1.22 bits per heavy atom. The number of rotatable bonds is 5. The van der Waals surface area contributed by atoms with Crippen molar-refractivity contribution >= 4 is 39.0 Å². The van der Waals surface area contributed by atoms with Gasteiger partial charge in [0.05, 0.1) is 33.5 Å². The first-order valence-corrected chi connectivity index (χ1v) is 15.6. The summed E-state index contributed by atoms with van der Waals surface area (Å²) in [4.78, 5) is 23.1. The van der Waals surface area contributed by atoms with Crippen molar-refractivity contribution < 1.29 is 18.6 Å². The number of nitriles is 1. The lowest BCUT2D eigenvalue weighted by Crippen LogP contribution is -2.51. The maximum absolute atomic E-state index is 14.6. The molecule has 4 aromatic rings. The molecule has 2 bridgehead atoms. The Morgan fingerprint density at radius 2 is 2.02 bits per heavy atom. The highest BCUT2D eigenvalue weighted by Crippen LogP contribution is 2.42. The number of phenolic OH excluding ortho intramolecular Hbond substituents is 1. The number of ether oxygens (including phenoxy) is 1. The molecule has 4 atom stereocenters. The fourth-order valence-corrected chi connectivity index (χ4v) is 8.25. The predicted molar refractivity (Wildman–Crippen MR) is 165 cm³/mol. The van der Waals surface area contributed by atoms with Crippen molar-refractivity contribution in [2.75, 3.05) is 37.7 Å². The number of pyridine rings is 1. The Labute approximate surface area is 261 Å². The number of benzene rings is 2. The molecule has 2 unspecified atom stereocenters. The molecular weight excluding hydrogens is 604 g/mol. The number of fused-ring (bicyclic) bond motifs is 5. The fourth-order valence-electron chi connectivity index (χ4n) is 7.98. The third-order valence-electron chi connectivity index (χ3n) is 9.95. The molecule has 4 fully saturated rings. The Kier molecular flexibility index (Phi) is 6.64. The van der Waals surface area contributed by atoms with Gasteiger partial charge in [-0.3, -0.25) is 9.69 Å². The number of aromatic hydroxyl groups is 1. The zero-order valence-electron chi connectivity index (χ0n) is 24.3. The zero-order valence-corrected chi connectivity index (χ0v) is 25.0. The fraction of sp³-hybridized carbons (Fsp3) is 0.438. The standard InChI is InChI=1S/C32H30ClF2N7O3/c33-27-24(35)5-2-17-8-21(43)9-25(26(17)27)42-31(44)28-23(12-37-42)29(40-14-19-3-4-20(15-40)38-19)22(11-36)30(39-28)45-16-32-6-1-7-41(32)13-18(34)10-32/h2,5,8-9,12,18-20,38,43H,1,3-4,6-7,10,13-16H2/t18-,19?,20?,32+/m1/s1. The lowest BCUT2D eigenvalue weighted by Gasteiger charge is -2.36. The number of anilines is 1. The summed E-state index contributed by atoms with van der Waals surface area (Å²) in [6.07, 6.45) is 4.57. The van der Waals surface area contributed by atoms with Crippen LogP contribution in [-0.4, -0.2) is 81.4 Å². The van der Waals surface area contributed by atoms with E-state index in [4.69, 9.17) is 16.3 Å². The highest BCUT2D eigenvalue weighted by Gasteiger charge is 2.49. The molecule has 2 aromatic heterocycles. The van der Waals surface area contributed by atoms with Gasteiger partial charge in [-0.05, 0) is 49.7 Å². The number of aromatic nitrogens is 3. The van der Waals surface area contributed by atoms with E-state index in [9.17, 15) is 23.9 Å². The van der Waals surface area contributed by atoms with Crippen molar-refractivity contribution in [3.8, 4) is 23.4 Å². The first-order valence-electron chi connectivity index (χ1n) is 15.2. The average molecular weight is 634 g/mol. The van der Waals surface area contributed by atoms with Gasteiger partial charge < -0.3 is 20.1 Å². The molecule has 0 aliphatic carbocycles. The Hall–Kier alpha value is -4.05. The first kappa shape index (κ1) is 28.4.